The summed E-state index contributed by atoms with van der Waals surface area (Å²) in [5.41, 5.74) is 0.627. The van der Waals surface area contributed by atoms with E-state index in [1.54, 1.807) is 20.1 Å². The average molecular weight is 211 g/mol. The average Bonchev–Trinajstić information content (AvgIpc) is 2.17. The first kappa shape index (κ1) is 11.4. The monoisotopic (exact) mass is 211 g/mol. The number of aromatic nitrogens is 1. The lowest BCUT2D eigenvalue weighted by Crippen LogP contribution is -2.09. The predicted octanol–water partition coefficient (Wildman–Crippen LogP) is 1.36. The molecule has 15 heavy (non-hydrogen) atoms. The van der Waals surface area contributed by atoms with Crippen LogP contribution in [0.4, 0.5) is 11.5 Å². The number of anilines is 1. The van der Waals surface area contributed by atoms with Gasteiger partial charge >= 0.3 is 0 Å². The molecule has 6 nitrogen and oxygen atoms in total. The summed E-state index contributed by atoms with van der Waals surface area (Å²) < 4.78 is 4.86. The molecule has 0 aliphatic heterocycles. The second-order valence-electron chi connectivity index (χ2n) is 3.03. The van der Waals surface area contributed by atoms with E-state index in [9.17, 15) is 10.1 Å². The van der Waals surface area contributed by atoms with E-state index in [0.29, 0.717) is 24.5 Å². The van der Waals surface area contributed by atoms with Crippen molar-refractivity contribution in [1.29, 1.82) is 0 Å². The largest absolute Gasteiger partial charge is 0.383 e. The number of rotatable bonds is 5. The second kappa shape index (κ2) is 5.26. The molecule has 0 aromatic carbocycles. The third-order valence-electron chi connectivity index (χ3n) is 1.89. The number of pyridine rings is 1. The van der Waals surface area contributed by atoms with Crippen molar-refractivity contribution in [3.05, 3.63) is 27.9 Å². The van der Waals surface area contributed by atoms with Gasteiger partial charge < -0.3 is 10.1 Å². The number of ether oxygens (including phenoxy) is 1. The van der Waals surface area contributed by atoms with Crippen LogP contribution >= 0.6 is 0 Å². The molecule has 1 heterocycles. The van der Waals surface area contributed by atoms with Crippen LogP contribution in [-0.2, 0) is 4.74 Å². The van der Waals surface area contributed by atoms with Crippen molar-refractivity contribution in [3.63, 3.8) is 0 Å². The molecule has 0 aliphatic rings. The summed E-state index contributed by atoms with van der Waals surface area (Å²) in [7, 11) is 1.61. The molecule has 0 atom stereocenters. The lowest BCUT2D eigenvalue weighted by atomic mass is 10.2. The Balaban J connectivity index is 2.69. The van der Waals surface area contributed by atoms with Gasteiger partial charge in [-0.1, -0.05) is 0 Å². The summed E-state index contributed by atoms with van der Waals surface area (Å²) in [6.45, 7) is 2.87. The first-order chi connectivity index (χ1) is 7.15. The molecule has 0 saturated carbocycles. The SMILES string of the molecule is COCCNc1cc(C)c([N+](=O)[O-])cn1. The highest BCUT2D eigenvalue weighted by Gasteiger charge is 2.10. The van der Waals surface area contributed by atoms with Crippen LogP contribution in [0.2, 0.25) is 0 Å². The van der Waals surface area contributed by atoms with Crippen LogP contribution in [0.1, 0.15) is 5.56 Å². The number of aryl methyl sites for hydroxylation is 1. The van der Waals surface area contributed by atoms with Gasteiger partial charge in [-0.15, -0.1) is 0 Å². The van der Waals surface area contributed by atoms with Gasteiger partial charge in [0.1, 0.15) is 12.0 Å². The minimum absolute atomic E-state index is 0.0345. The molecule has 0 spiro atoms. The molecule has 0 saturated heterocycles. The van der Waals surface area contributed by atoms with Gasteiger partial charge in [-0.25, -0.2) is 4.98 Å². The van der Waals surface area contributed by atoms with Crippen LogP contribution in [0.15, 0.2) is 12.3 Å². The second-order valence-corrected chi connectivity index (χ2v) is 3.03. The maximum absolute atomic E-state index is 10.5. The Hall–Kier alpha value is -1.69. The van der Waals surface area contributed by atoms with Crippen molar-refractivity contribution >= 4 is 11.5 Å². The van der Waals surface area contributed by atoms with Gasteiger partial charge in [0, 0.05) is 19.2 Å². The summed E-state index contributed by atoms with van der Waals surface area (Å²) in [5, 5.41) is 13.5. The quantitative estimate of drug-likeness (QED) is 0.452. The number of hydrogen-bond donors (Lipinski definition) is 1. The third-order valence-corrected chi connectivity index (χ3v) is 1.89. The summed E-state index contributed by atoms with van der Waals surface area (Å²) >= 11 is 0. The Morgan fingerprint density at radius 3 is 2.93 bits per heavy atom. The van der Waals surface area contributed by atoms with Gasteiger partial charge in [-0.3, -0.25) is 10.1 Å². The fourth-order valence-corrected chi connectivity index (χ4v) is 1.12. The molecule has 82 valence electrons. The smallest absolute Gasteiger partial charge is 0.290 e. The maximum atomic E-state index is 10.5. The maximum Gasteiger partial charge on any atom is 0.290 e. The predicted molar refractivity (Wildman–Crippen MR) is 56.0 cm³/mol. The highest BCUT2D eigenvalue weighted by atomic mass is 16.6. The molecule has 1 rings (SSSR count). The molecule has 1 aromatic heterocycles. The van der Waals surface area contributed by atoms with Crippen LogP contribution < -0.4 is 5.32 Å². The molecule has 0 bridgehead atoms. The van der Waals surface area contributed by atoms with Crippen LogP contribution in [0, 0.1) is 17.0 Å². The molecular formula is C9H13N3O3. The molecule has 0 radical (unpaired) electrons. The van der Waals surface area contributed by atoms with Crippen molar-refractivity contribution in [2.45, 2.75) is 6.92 Å². The van der Waals surface area contributed by atoms with Crippen LogP contribution in [-0.4, -0.2) is 30.2 Å². The highest BCUT2D eigenvalue weighted by molar-refractivity contribution is 5.46. The number of methoxy groups -OCH3 is 1. The summed E-state index contributed by atoms with van der Waals surface area (Å²) in [5.74, 6) is 0.621. The molecular weight excluding hydrogens is 198 g/mol. The molecule has 0 fully saturated rings. The minimum Gasteiger partial charge on any atom is -0.383 e. The molecule has 0 amide bonds. The lowest BCUT2D eigenvalue weighted by molar-refractivity contribution is -0.385. The van der Waals surface area contributed by atoms with E-state index in [1.165, 1.54) is 6.20 Å². The number of nitrogens with one attached hydrogen (secondary N) is 1. The third kappa shape index (κ3) is 3.17. The number of nitro groups is 1. The van der Waals surface area contributed by atoms with E-state index in [2.05, 4.69) is 10.3 Å². The van der Waals surface area contributed by atoms with Crippen molar-refractivity contribution in [1.82, 2.24) is 4.98 Å². The fourth-order valence-electron chi connectivity index (χ4n) is 1.12. The molecule has 0 unspecified atom stereocenters. The van der Waals surface area contributed by atoms with E-state index < -0.39 is 4.92 Å². The van der Waals surface area contributed by atoms with E-state index in [1.807, 2.05) is 0 Å². The zero-order valence-corrected chi connectivity index (χ0v) is 8.69. The van der Waals surface area contributed by atoms with Crippen molar-refractivity contribution in [3.8, 4) is 0 Å². The molecule has 1 aromatic rings. The molecule has 0 aliphatic carbocycles. The van der Waals surface area contributed by atoms with Crippen molar-refractivity contribution < 1.29 is 9.66 Å². The first-order valence-electron chi connectivity index (χ1n) is 4.49. The van der Waals surface area contributed by atoms with Gasteiger partial charge in [0.05, 0.1) is 11.5 Å². The standard InChI is InChI=1S/C9H13N3O3/c1-7-5-9(10-3-4-15-2)11-6-8(7)12(13)14/h5-6H,3-4H2,1-2H3,(H,10,11). The Morgan fingerprint density at radius 1 is 1.67 bits per heavy atom. The zero-order chi connectivity index (χ0) is 11.3. The fraction of sp³-hybridized carbons (Fsp3) is 0.444. The topological polar surface area (TPSA) is 77.3 Å². The van der Waals surface area contributed by atoms with Gasteiger partial charge in [0.25, 0.3) is 5.69 Å². The van der Waals surface area contributed by atoms with E-state index in [-0.39, 0.29) is 5.69 Å². The van der Waals surface area contributed by atoms with Crippen molar-refractivity contribution in [2.75, 3.05) is 25.6 Å². The summed E-state index contributed by atoms with van der Waals surface area (Å²) in [4.78, 5) is 14.0. The number of hydrogen-bond acceptors (Lipinski definition) is 5. The zero-order valence-electron chi connectivity index (χ0n) is 8.69. The first-order valence-corrected chi connectivity index (χ1v) is 4.49. The highest BCUT2D eigenvalue weighted by Crippen LogP contribution is 2.18. The molecule has 1 N–H and O–H groups in total. The van der Waals surface area contributed by atoms with Gasteiger partial charge in [0.15, 0.2) is 0 Å². The summed E-state index contributed by atoms with van der Waals surface area (Å²) in [6, 6.07) is 1.65. The van der Waals surface area contributed by atoms with Crippen LogP contribution in [0.3, 0.4) is 0 Å². The summed E-state index contributed by atoms with van der Waals surface area (Å²) in [6.07, 6.45) is 1.25. The van der Waals surface area contributed by atoms with E-state index in [0.717, 1.165) is 0 Å². The molecule has 6 heteroatoms. The van der Waals surface area contributed by atoms with E-state index in [4.69, 9.17) is 4.74 Å². The Kier molecular flexibility index (Phi) is 3.99. The Labute approximate surface area is 87.4 Å². The van der Waals surface area contributed by atoms with Gasteiger partial charge in [-0.05, 0) is 13.0 Å². The van der Waals surface area contributed by atoms with Crippen molar-refractivity contribution in [2.24, 2.45) is 0 Å². The van der Waals surface area contributed by atoms with Gasteiger partial charge in [-0.2, -0.15) is 0 Å². The van der Waals surface area contributed by atoms with Gasteiger partial charge in [0.2, 0.25) is 0 Å². The Bertz CT molecular complexity index is 354. The minimum atomic E-state index is -0.443. The van der Waals surface area contributed by atoms with Crippen LogP contribution in [0.25, 0.3) is 0 Å². The Morgan fingerprint density at radius 2 is 2.40 bits per heavy atom. The normalized spacial score (nSPS) is 10.0. The van der Waals surface area contributed by atoms with Crippen LogP contribution in [0.5, 0.6) is 0 Å². The number of nitrogens with zero attached hydrogens (tertiary/aromatic N) is 2. The van der Waals surface area contributed by atoms with E-state index >= 15 is 0 Å². The lowest BCUT2D eigenvalue weighted by Gasteiger charge is -2.05.